The van der Waals surface area contributed by atoms with Crippen LogP contribution in [0.1, 0.15) is 16.8 Å². The molecule has 86 valence electrons. The number of carbonyl (C=O) groups excluding carboxylic acids is 2. The first-order valence-corrected chi connectivity index (χ1v) is 5.11. The fraction of sp³-hybridized carbons (Fsp3) is 0.300. The van der Waals surface area contributed by atoms with E-state index >= 15 is 0 Å². The number of aromatic nitrogens is 1. The van der Waals surface area contributed by atoms with E-state index in [0.29, 0.717) is 10.6 Å². The minimum absolute atomic E-state index is 0.124. The van der Waals surface area contributed by atoms with Crippen LogP contribution in [0.25, 0.3) is 0 Å². The van der Waals surface area contributed by atoms with E-state index < -0.39 is 0 Å². The van der Waals surface area contributed by atoms with Gasteiger partial charge in [0.15, 0.2) is 0 Å². The van der Waals surface area contributed by atoms with Crippen LogP contribution in [0.4, 0.5) is 0 Å². The SMILES string of the molecule is CNC(=O)CCNC(=O)c1ccncc1Cl. The summed E-state index contributed by atoms with van der Waals surface area (Å²) in [7, 11) is 1.55. The molecule has 0 aromatic carbocycles. The minimum atomic E-state index is -0.309. The van der Waals surface area contributed by atoms with Gasteiger partial charge in [0, 0.05) is 32.4 Å². The summed E-state index contributed by atoms with van der Waals surface area (Å²) in [6, 6.07) is 1.53. The van der Waals surface area contributed by atoms with Crippen molar-refractivity contribution in [2.24, 2.45) is 0 Å². The monoisotopic (exact) mass is 241 g/mol. The van der Waals surface area contributed by atoms with Crippen LogP contribution in [0.5, 0.6) is 0 Å². The predicted molar refractivity (Wildman–Crippen MR) is 60.3 cm³/mol. The molecule has 0 saturated carbocycles. The smallest absolute Gasteiger partial charge is 0.252 e. The molecule has 0 aliphatic rings. The van der Waals surface area contributed by atoms with Gasteiger partial charge in [-0.15, -0.1) is 0 Å². The van der Waals surface area contributed by atoms with Crippen LogP contribution in [0, 0.1) is 0 Å². The summed E-state index contributed by atoms with van der Waals surface area (Å²) in [5.74, 6) is -0.433. The number of pyridine rings is 1. The van der Waals surface area contributed by atoms with Gasteiger partial charge in [0.05, 0.1) is 10.6 Å². The second kappa shape index (κ2) is 6.07. The lowest BCUT2D eigenvalue weighted by Gasteiger charge is -2.05. The molecule has 0 spiro atoms. The van der Waals surface area contributed by atoms with E-state index in [4.69, 9.17) is 11.6 Å². The molecular formula is C10H12ClN3O2. The van der Waals surface area contributed by atoms with Gasteiger partial charge in [-0.2, -0.15) is 0 Å². The third-order valence-electron chi connectivity index (χ3n) is 1.93. The van der Waals surface area contributed by atoms with Gasteiger partial charge in [-0.1, -0.05) is 11.6 Å². The van der Waals surface area contributed by atoms with Crippen LogP contribution in [0.2, 0.25) is 5.02 Å². The Kier molecular flexibility index (Phi) is 4.72. The molecule has 0 bridgehead atoms. The number of rotatable bonds is 4. The van der Waals surface area contributed by atoms with E-state index in [1.165, 1.54) is 18.5 Å². The highest BCUT2D eigenvalue weighted by molar-refractivity contribution is 6.33. The number of carbonyl (C=O) groups is 2. The van der Waals surface area contributed by atoms with E-state index in [1.807, 2.05) is 0 Å². The van der Waals surface area contributed by atoms with Crippen molar-refractivity contribution in [1.29, 1.82) is 0 Å². The zero-order chi connectivity index (χ0) is 12.0. The molecule has 0 aliphatic heterocycles. The van der Waals surface area contributed by atoms with Crippen molar-refractivity contribution in [1.82, 2.24) is 15.6 Å². The zero-order valence-electron chi connectivity index (χ0n) is 8.79. The summed E-state index contributed by atoms with van der Waals surface area (Å²) < 4.78 is 0. The van der Waals surface area contributed by atoms with E-state index in [-0.39, 0.29) is 24.8 Å². The Morgan fingerprint density at radius 1 is 1.50 bits per heavy atom. The average Bonchev–Trinajstić information content (AvgIpc) is 2.29. The van der Waals surface area contributed by atoms with Gasteiger partial charge in [0.1, 0.15) is 0 Å². The van der Waals surface area contributed by atoms with Crippen molar-refractivity contribution >= 4 is 23.4 Å². The fourth-order valence-electron chi connectivity index (χ4n) is 1.07. The van der Waals surface area contributed by atoms with Gasteiger partial charge in [0.25, 0.3) is 5.91 Å². The summed E-state index contributed by atoms with van der Waals surface area (Å²) in [5.41, 5.74) is 0.355. The Balaban J connectivity index is 2.47. The molecule has 0 atom stereocenters. The summed E-state index contributed by atoms with van der Waals surface area (Å²) in [4.78, 5) is 26.3. The topological polar surface area (TPSA) is 71.1 Å². The first kappa shape index (κ1) is 12.4. The van der Waals surface area contributed by atoms with E-state index in [1.54, 1.807) is 7.05 Å². The highest BCUT2D eigenvalue weighted by Crippen LogP contribution is 2.12. The number of nitrogens with one attached hydrogen (secondary N) is 2. The predicted octanol–water partition coefficient (Wildman–Crippen LogP) is 0.601. The number of nitrogens with zero attached hydrogens (tertiary/aromatic N) is 1. The quantitative estimate of drug-likeness (QED) is 0.811. The van der Waals surface area contributed by atoms with Crippen LogP contribution in [0.3, 0.4) is 0 Å². The molecule has 1 heterocycles. The highest BCUT2D eigenvalue weighted by atomic mass is 35.5. The number of amides is 2. The normalized spacial score (nSPS) is 9.62. The summed E-state index contributed by atoms with van der Waals surface area (Å²) in [5, 5.41) is 5.35. The Labute approximate surface area is 98.2 Å². The lowest BCUT2D eigenvalue weighted by atomic mass is 10.2. The summed E-state index contributed by atoms with van der Waals surface area (Å²) >= 11 is 5.79. The highest BCUT2D eigenvalue weighted by Gasteiger charge is 2.09. The molecular weight excluding hydrogens is 230 g/mol. The first-order chi connectivity index (χ1) is 7.65. The Hall–Kier alpha value is -1.62. The molecule has 2 amide bonds. The zero-order valence-corrected chi connectivity index (χ0v) is 9.54. The maximum absolute atomic E-state index is 11.6. The maximum Gasteiger partial charge on any atom is 0.252 e. The molecule has 1 rings (SSSR count). The molecule has 0 fully saturated rings. The van der Waals surface area contributed by atoms with Crippen molar-refractivity contribution in [2.75, 3.05) is 13.6 Å². The number of hydrogen-bond acceptors (Lipinski definition) is 3. The largest absolute Gasteiger partial charge is 0.359 e. The summed E-state index contributed by atoms with van der Waals surface area (Å²) in [6.45, 7) is 0.275. The van der Waals surface area contributed by atoms with Gasteiger partial charge >= 0.3 is 0 Å². The van der Waals surface area contributed by atoms with E-state index in [2.05, 4.69) is 15.6 Å². The third kappa shape index (κ3) is 3.51. The first-order valence-electron chi connectivity index (χ1n) is 4.73. The third-order valence-corrected chi connectivity index (χ3v) is 2.23. The van der Waals surface area contributed by atoms with Crippen LogP contribution in [0.15, 0.2) is 18.5 Å². The van der Waals surface area contributed by atoms with Crippen molar-refractivity contribution in [3.8, 4) is 0 Å². The average molecular weight is 242 g/mol. The molecule has 6 heteroatoms. The molecule has 16 heavy (non-hydrogen) atoms. The molecule has 0 radical (unpaired) electrons. The molecule has 0 saturated heterocycles. The van der Waals surface area contributed by atoms with Crippen LogP contribution < -0.4 is 10.6 Å². The van der Waals surface area contributed by atoms with Gasteiger partial charge in [-0.3, -0.25) is 14.6 Å². The van der Waals surface area contributed by atoms with Gasteiger partial charge < -0.3 is 10.6 Å². The molecule has 0 unspecified atom stereocenters. The Bertz CT molecular complexity index is 395. The Morgan fingerprint density at radius 3 is 2.88 bits per heavy atom. The van der Waals surface area contributed by atoms with Crippen molar-refractivity contribution in [3.63, 3.8) is 0 Å². The van der Waals surface area contributed by atoms with Crippen LogP contribution >= 0.6 is 11.6 Å². The molecule has 1 aromatic rings. The van der Waals surface area contributed by atoms with Crippen molar-refractivity contribution in [2.45, 2.75) is 6.42 Å². The second-order valence-electron chi connectivity index (χ2n) is 3.03. The van der Waals surface area contributed by atoms with E-state index in [9.17, 15) is 9.59 Å². The second-order valence-corrected chi connectivity index (χ2v) is 3.44. The lowest BCUT2D eigenvalue weighted by molar-refractivity contribution is -0.120. The standard InChI is InChI=1S/C10H12ClN3O2/c1-12-9(15)3-5-14-10(16)7-2-4-13-6-8(7)11/h2,4,6H,3,5H2,1H3,(H,12,15)(H,14,16). The molecule has 2 N–H and O–H groups in total. The van der Waals surface area contributed by atoms with Crippen LogP contribution in [-0.4, -0.2) is 30.4 Å². The lowest BCUT2D eigenvalue weighted by Crippen LogP contribution is -2.29. The molecule has 5 nitrogen and oxygen atoms in total. The van der Waals surface area contributed by atoms with Crippen molar-refractivity contribution < 1.29 is 9.59 Å². The fourth-order valence-corrected chi connectivity index (χ4v) is 1.27. The van der Waals surface area contributed by atoms with E-state index in [0.717, 1.165) is 0 Å². The maximum atomic E-state index is 11.6. The molecule has 0 aliphatic carbocycles. The number of hydrogen-bond donors (Lipinski definition) is 2. The van der Waals surface area contributed by atoms with Crippen molar-refractivity contribution in [3.05, 3.63) is 29.0 Å². The van der Waals surface area contributed by atoms with Gasteiger partial charge in [0.2, 0.25) is 5.91 Å². The minimum Gasteiger partial charge on any atom is -0.359 e. The van der Waals surface area contributed by atoms with Crippen LogP contribution in [-0.2, 0) is 4.79 Å². The molecule has 1 aromatic heterocycles. The van der Waals surface area contributed by atoms with Gasteiger partial charge in [-0.25, -0.2) is 0 Å². The summed E-state index contributed by atoms with van der Waals surface area (Å²) in [6.07, 6.45) is 3.12. The van der Waals surface area contributed by atoms with Gasteiger partial charge in [-0.05, 0) is 6.07 Å². The number of halogens is 1. The Morgan fingerprint density at radius 2 is 2.25 bits per heavy atom.